The molecule has 0 aliphatic heterocycles. The first-order chi connectivity index (χ1) is 11.0. The Morgan fingerprint density at radius 3 is 2.46 bits per heavy atom. The zero-order valence-corrected chi connectivity index (χ0v) is 15.2. The van der Waals surface area contributed by atoms with Crippen LogP contribution in [0.25, 0.3) is 0 Å². The number of allylic oxidation sites excluding steroid dienone is 1. The second-order valence-electron chi connectivity index (χ2n) is 9.67. The lowest BCUT2D eigenvalue weighted by molar-refractivity contribution is -0.174. The molecule has 0 unspecified atom stereocenters. The molecule has 134 valence electrons. The van der Waals surface area contributed by atoms with E-state index in [4.69, 9.17) is 0 Å². The molecule has 0 saturated heterocycles. The highest BCUT2D eigenvalue weighted by Crippen LogP contribution is 2.77. The summed E-state index contributed by atoms with van der Waals surface area (Å²) in [6.07, 6.45) is 2.53. The van der Waals surface area contributed by atoms with E-state index < -0.39 is 17.1 Å². The number of hydrogen-bond acceptors (Lipinski definition) is 4. The number of Topliss-reactive ketones (excluding diaryl/α,β-unsaturated/α-hetero) is 1. The van der Waals surface area contributed by atoms with E-state index >= 15 is 0 Å². The first-order valence-corrected chi connectivity index (χ1v) is 9.31. The molecule has 4 aliphatic carbocycles. The molecular formula is C20H30O4. The molecule has 3 fully saturated rings. The van der Waals surface area contributed by atoms with E-state index in [1.54, 1.807) is 0 Å². The molecule has 6 atom stereocenters. The van der Waals surface area contributed by atoms with Gasteiger partial charge < -0.3 is 15.3 Å². The fourth-order valence-corrected chi connectivity index (χ4v) is 7.47. The van der Waals surface area contributed by atoms with Gasteiger partial charge in [0.1, 0.15) is 0 Å². The van der Waals surface area contributed by atoms with Gasteiger partial charge in [-0.2, -0.15) is 0 Å². The SMILES string of the molecule is CC1=C2C(=O)C[C@@]2(C)[C@@H]2C[C@]3(O)CC[C@@H](CO)[C@@]2(C[C@H]1O)C3(C)C. The lowest BCUT2D eigenvalue weighted by atomic mass is 9.44. The smallest absolute Gasteiger partial charge is 0.160 e. The number of carbonyl (C=O) groups excluding carboxylic acids is 1. The number of carbonyl (C=O) groups is 1. The fraction of sp³-hybridized carbons (Fsp3) is 0.850. The van der Waals surface area contributed by atoms with Crippen molar-refractivity contribution in [2.75, 3.05) is 6.61 Å². The van der Waals surface area contributed by atoms with Crippen LogP contribution in [0.3, 0.4) is 0 Å². The number of rotatable bonds is 1. The van der Waals surface area contributed by atoms with E-state index in [0.29, 0.717) is 25.7 Å². The van der Waals surface area contributed by atoms with Crippen LogP contribution in [0.4, 0.5) is 0 Å². The van der Waals surface area contributed by atoms with Gasteiger partial charge in [0, 0.05) is 24.0 Å². The largest absolute Gasteiger partial charge is 0.396 e. The Kier molecular flexibility index (Phi) is 3.15. The van der Waals surface area contributed by atoms with Crippen LogP contribution < -0.4 is 0 Å². The van der Waals surface area contributed by atoms with E-state index in [9.17, 15) is 20.1 Å². The Morgan fingerprint density at radius 2 is 1.88 bits per heavy atom. The third kappa shape index (κ3) is 1.51. The van der Waals surface area contributed by atoms with Gasteiger partial charge in [0.05, 0.1) is 11.7 Å². The van der Waals surface area contributed by atoms with Crippen molar-refractivity contribution in [2.24, 2.45) is 28.1 Å². The Bertz CT molecular complexity index is 650. The second-order valence-corrected chi connectivity index (χ2v) is 9.67. The van der Waals surface area contributed by atoms with Gasteiger partial charge in [-0.25, -0.2) is 0 Å². The van der Waals surface area contributed by atoms with Crippen molar-refractivity contribution < 1.29 is 20.1 Å². The number of aliphatic hydroxyl groups is 3. The summed E-state index contributed by atoms with van der Waals surface area (Å²) >= 11 is 0. The maximum absolute atomic E-state index is 12.4. The summed E-state index contributed by atoms with van der Waals surface area (Å²) in [6.45, 7) is 8.35. The minimum absolute atomic E-state index is 0.0644. The maximum Gasteiger partial charge on any atom is 0.160 e. The normalized spacial score (nSPS) is 52.5. The summed E-state index contributed by atoms with van der Waals surface area (Å²) < 4.78 is 0. The Morgan fingerprint density at radius 1 is 1.21 bits per heavy atom. The molecule has 0 heterocycles. The van der Waals surface area contributed by atoms with Gasteiger partial charge in [0.15, 0.2) is 5.78 Å². The van der Waals surface area contributed by atoms with Crippen LogP contribution in [0.2, 0.25) is 0 Å². The Balaban J connectivity index is 1.97. The minimum atomic E-state index is -0.777. The number of hydrogen-bond donors (Lipinski definition) is 3. The second kappa shape index (κ2) is 4.52. The van der Waals surface area contributed by atoms with Crippen LogP contribution in [-0.2, 0) is 4.79 Å². The zero-order chi connectivity index (χ0) is 17.7. The van der Waals surface area contributed by atoms with Gasteiger partial charge in [-0.3, -0.25) is 4.79 Å². The molecule has 0 amide bonds. The molecule has 0 aromatic heterocycles. The molecule has 4 heteroatoms. The van der Waals surface area contributed by atoms with Gasteiger partial charge in [0.2, 0.25) is 0 Å². The van der Waals surface area contributed by atoms with Crippen molar-refractivity contribution in [3.05, 3.63) is 11.1 Å². The van der Waals surface area contributed by atoms with E-state index in [2.05, 4.69) is 20.8 Å². The standard InChI is InChI=1S/C20H30O4/c1-11-13(22)8-20-12(10-21)5-6-19(24,17(20,2)3)9-15(20)18(4)7-14(23)16(11)18/h12-13,15,21-22,24H,5-10H2,1-4H3/t12-,13+,15-,18-,19+,20+/m0/s1. The Hall–Kier alpha value is -0.710. The highest BCUT2D eigenvalue weighted by Gasteiger charge is 2.76. The number of aliphatic hydroxyl groups excluding tert-OH is 2. The predicted octanol–water partition coefficient (Wildman–Crippen LogP) is 2.21. The van der Waals surface area contributed by atoms with E-state index in [1.807, 2.05) is 6.92 Å². The van der Waals surface area contributed by atoms with Crippen LogP contribution in [0, 0.1) is 28.1 Å². The first-order valence-electron chi connectivity index (χ1n) is 9.31. The van der Waals surface area contributed by atoms with E-state index in [1.165, 1.54) is 0 Å². The van der Waals surface area contributed by atoms with Crippen LogP contribution in [-0.4, -0.2) is 39.4 Å². The molecule has 0 aromatic carbocycles. The highest BCUT2D eigenvalue weighted by atomic mass is 16.3. The van der Waals surface area contributed by atoms with Crippen molar-refractivity contribution in [3.8, 4) is 0 Å². The lowest BCUT2D eigenvalue weighted by Crippen LogP contribution is -2.59. The van der Waals surface area contributed by atoms with Crippen molar-refractivity contribution in [2.45, 2.75) is 71.5 Å². The highest BCUT2D eigenvalue weighted by molar-refractivity contribution is 6.05. The average molecular weight is 334 g/mol. The average Bonchev–Trinajstić information content (AvgIpc) is 2.58. The summed E-state index contributed by atoms with van der Waals surface area (Å²) in [5.41, 5.74) is -0.166. The van der Waals surface area contributed by atoms with Gasteiger partial charge in [-0.1, -0.05) is 20.8 Å². The summed E-state index contributed by atoms with van der Waals surface area (Å²) in [6, 6.07) is 0. The molecule has 1 spiro atoms. The molecular weight excluding hydrogens is 304 g/mol. The van der Waals surface area contributed by atoms with E-state index in [0.717, 1.165) is 17.6 Å². The predicted molar refractivity (Wildman–Crippen MR) is 90.1 cm³/mol. The van der Waals surface area contributed by atoms with Crippen LogP contribution >= 0.6 is 0 Å². The first kappa shape index (κ1) is 16.7. The summed E-state index contributed by atoms with van der Waals surface area (Å²) in [7, 11) is 0. The molecule has 0 radical (unpaired) electrons. The van der Waals surface area contributed by atoms with Crippen LogP contribution in [0.1, 0.15) is 59.8 Å². The maximum atomic E-state index is 12.4. The molecule has 3 saturated carbocycles. The molecule has 4 nitrogen and oxygen atoms in total. The molecule has 24 heavy (non-hydrogen) atoms. The monoisotopic (exact) mass is 334 g/mol. The lowest BCUT2D eigenvalue weighted by Gasteiger charge is -2.60. The van der Waals surface area contributed by atoms with Crippen molar-refractivity contribution in [1.82, 2.24) is 0 Å². The molecule has 2 bridgehead atoms. The van der Waals surface area contributed by atoms with Crippen LogP contribution in [0.15, 0.2) is 11.1 Å². The molecule has 0 aromatic rings. The molecule has 3 N–H and O–H groups in total. The summed E-state index contributed by atoms with van der Waals surface area (Å²) in [5, 5.41) is 32.6. The number of ketones is 1. The van der Waals surface area contributed by atoms with E-state index in [-0.39, 0.29) is 35.1 Å². The fourth-order valence-electron chi connectivity index (χ4n) is 7.47. The summed E-state index contributed by atoms with van der Waals surface area (Å²) in [5.74, 6) is 0.344. The van der Waals surface area contributed by atoms with Gasteiger partial charge in [-0.15, -0.1) is 0 Å². The molecule has 4 rings (SSSR count). The van der Waals surface area contributed by atoms with Crippen molar-refractivity contribution in [1.29, 1.82) is 0 Å². The number of fused-ring (bicyclic) bond motifs is 3. The topological polar surface area (TPSA) is 77.8 Å². The molecule has 4 aliphatic rings. The third-order valence-corrected chi connectivity index (χ3v) is 8.92. The van der Waals surface area contributed by atoms with Gasteiger partial charge in [-0.05, 0) is 60.8 Å². The Labute approximate surface area is 144 Å². The quantitative estimate of drug-likeness (QED) is 0.687. The van der Waals surface area contributed by atoms with Crippen LogP contribution in [0.5, 0.6) is 0 Å². The third-order valence-electron chi connectivity index (χ3n) is 8.92. The zero-order valence-electron chi connectivity index (χ0n) is 15.2. The van der Waals surface area contributed by atoms with Gasteiger partial charge >= 0.3 is 0 Å². The summed E-state index contributed by atoms with van der Waals surface area (Å²) in [4.78, 5) is 12.4. The minimum Gasteiger partial charge on any atom is -0.396 e. The van der Waals surface area contributed by atoms with Crippen molar-refractivity contribution in [3.63, 3.8) is 0 Å². The van der Waals surface area contributed by atoms with Crippen molar-refractivity contribution >= 4 is 5.78 Å². The van der Waals surface area contributed by atoms with Gasteiger partial charge in [0.25, 0.3) is 0 Å².